The van der Waals surface area contributed by atoms with Gasteiger partial charge in [-0.15, -0.1) is 0 Å². The van der Waals surface area contributed by atoms with Crippen molar-refractivity contribution in [2.45, 2.75) is 31.8 Å². The fourth-order valence-corrected chi connectivity index (χ4v) is 2.30. The van der Waals surface area contributed by atoms with E-state index in [4.69, 9.17) is 28.4 Å². The summed E-state index contributed by atoms with van der Waals surface area (Å²) in [5.74, 6) is -0.154. The number of carbonyl (C=O) groups is 4. The molecule has 0 aromatic carbocycles. The highest BCUT2D eigenvalue weighted by Gasteiger charge is 2.16. The van der Waals surface area contributed by atoms with Crippen molar-refractivity contribution in [3.8, 4) is 0 Å². The number of unbranched alkanes of at least 4 members (excludes halogenated alkanes) is 1. The van der Waals surface area contributed by atoms with Crippen LogP contribution in [0, 0.1) is 0 Å². The Morgan fingerprint density at radius 3 is 1.91 bits per heavy atom. The van der Waals surface area contributed by atoms with Crippen LogP contribution in [-0.2, 0) is 38.0 Å². The number of methoxy groups -OCH3 is 2. The van der Waals surface area contributed by atoms with Crippen molar-refractivity contribution in [3.63, 3.8) is 0 Å². The van der Waals surface area contributed by atoms with Gasteiger partial charge in [0, 0.05) is 59.9 Å². The topological polar surface area (TPSA) is 160 Å². The van der Waals surface area contributed by atoms with Crippen LogP contribution < -0.4 is 16.0 Å². The van der Waals surface area contributed by atoms with E-state index >= 15 is 0 Å². The lowest BCUT2D eigenvalue weighted by atomic mass is 10.3. The monoisotopic (exact) mass is 493 g/mol. The molecule has 0 aliphatic heterocycles. The maximum Gasteiger partial charge on any atom is 0.407 e. The highest BCUT2D eigenvalue weighted by molar-refractivity contribution is 5.75. The zero-order chi connectivity index (χ0) is 25.3. The molecule has 0 spiro atoms. The SMILES string of the molecule is COCCNC(=O)OCC(COC(=O)NCCOC)OCCCC(=O)NCCOCCCC=O. The third-order valence-electron chi connectivity index (χ3n) is 4.03. The first-order valence-corrected chi connectivity index (χ1v) is 11.2. The zero-order valence-corrected chi connectivity index (χ0v) is 20.1. The summed E-state index contributed by atoms with van der Waals surface area (Å²) in [5, 5.41) is 7.73. The largest absolute Gasteiger partial charge is 0.447 e. The van der Waals surface area contributed by atoms with Crippen molar-refractivity contribution >= 4 is 24.4 Å². The van der Waals surface area contributed by atoms with Crippen LogP contribution in [0.3, 0.4) is 0 Å². The maximum absolute atomic E-state index is 11.9. The average Bonchev–Trinajstić information content (AvgIpc) is 2.82. The van der Waals surface area contributed by atoms with Gasteiger partial charge in [-0.3, -0.25) is 4.79 Å². The molecule has 0 aliphatic rings. The fraction of sp³-hybridized carbons (Fsp3) is 0.810. The summed E-state index contributed by atoms with van der Waals surface area (Å²) in [6, 6.07) is 0. The van der Waals surface area contributed by atoms with Gasteiger partial charge >= 0.3 is 12.2 Å². The fourth-order valence-electron chi connectivity index (χ4n) is 2.30. The van der Waals surface area contributed by atoms with E-state index in [-0.39, 0.29) is 45.2 Å². The molecule has 34 heavy (non-hydrogen) atoms. The first-order valence-electron chi connectivity index (χ1n) is 11.2. The Labute approximate surface area is 200 Å². The predicted molar refractivity (Wildman–Crippen MR) is 121 cm³/mol. The number of nitrogens with one attached hydrogen (secondary N) is 3. The normalized spacial score (nSPS) is 10.6. The number of carbonyl (C=O) groups excluding carboxylic acids is 4. The summed E-state index contributed by atoms with van der Waals surface area (Å²) >= 11 is 0. The molecule has 13 heteroatoms. The predicted octanol–water partition coefficient (Wildman–Crippen LogP) is 0.00890. The number of alkyl carbamates (subject to hydrolysis) is 2. The van der Waals surface area contributed by atoms with Gasteiger partial charge in [0.2, 0.25) is 5.91 Å². The molecule has 0 bridgehead atoms. The van der Waals surface area contributed by atoms with Gasteiger partial charge in [-0.25, -0.2) is 9.59 Å². The summed E-state index contributed by atoms with van der Waals surface area (Å²) in [6.07, 6.45) is 0.603. The second-order valence-electron chi connectivity index (χ2n) is 6.90. The minimum Gasteiger partial charge on any atom is -0.447 e. The van der Waals surface area contributed by atoms with E-state index in [9.17, 15) is 19.2 Å². The summed E-state index contributed by atoms with van der Waals surface area (Å²) in [6.45, 7) is 2.40. The van der Waals surface area contributed by atoms with Gasteiger partial charge < -0.3 is 49.2 Å². The highest BCUT2D eigenvalue weighted by Crippen LogP contribution is 2.00. The second kappa shape index (κ2) is 23.7. The lowest BCUT2D eigenvalue weighted by Gasteiger charge is -2.18. The average molecular weight is 494 g/mol. The molecule has 0 saturated heterocycles. The summed E-state index contributed by atoms with van der Waals surface area (Å²) in [7, 11) is 3.02. The molecule has 0 heterocycles. The maximum atomic E-state index is 11.9. The molecule has 0 unspecified atom stereocenters. The van der Waals surface area contributed by atoms with Gasteiger partial charge in [0.05, 0.1) is 19.8 Å². The van der Waals surface area contributed by atoms with Gasteiger partial charge in [0.1, 0.15) is 25.6 Å². The molecule has 0 atom stereocenters. The Morgan fingerprint density at radius 1 is 0.765 bits per heavy atom. The van der Waals surface area contributed by atoms with Crippen molar-refractivity contribution in [2.75, 3.05) is 80.1 Å². The minimum absolute atomic E-state index is 0.141. The van der Waals surface area contributed by atoms with E-state index < -0.39 is 18.3 Å². The van der Waals surface area contributed by atoms with E-state index in [2.05, 4.69) is 16.0 Å². The molecular formula is C21H39N3O10. The first kappa shape index (κ1) is 31.5. The van der Waals surface area contributed by atoms with Crippen molar-refractivity contribution < 1.29 is 47.6 Å². The van der Waals surface area contributed by atoms with Crippen LogP contribution >= 0.6 is 0 Å². The Hall–Kier alpha value is -2.48. The molecule has 3 N–H and O–H groups in total. The van der Waals surface area contributed by atoms with Crippen LogP contribution in [-0.4, -0.2) is 111 Å². The number of ether oxygens (including phenoxy) is 6. The molecule has 198 valence electrons. The van der Waals surface area contributed by atoms with E-state index in [1.54, 1.807) is 0 Å². The van der Waals surface area contributed by atoms with Gasteiger partial charge in [0.25, 0.3) is 0 Å². The lowest BCUT2D eigenvalue weighted by Crippen LogP contribution is -2.35. The first-order chi connectivity index (χ1) is 16.5. The van der Waals surface area contributed by atoms with Crippen molar-refractivity contribution in [3.05, 3.63) is 0 Å². The Morgan fingerprint density at radius 2 is 1.35 bits per heavy atom. The van der Waals surface area contributed by atoms with Gasteiger partial charge in [-0.2, -0.15) is 0 Å². The molecule has 0 aromatic rings. The number of rotatable bonds is 22. The smallest absolute Gasteiger partial charge is 0.407 e. The minimum atomic E-state index is -0.704. The molecule has 0 aliphatic carbocycles. The van der Waals surface area contributed by atoms with Crippen LogP contribution in [0.4, 0.5) is 9.59 Å². The Bertz CT molecular complexity index is 525. The van der Waals surface area contributed by atoms with Crippen LogP contribution in [0.25, 0.3) is 0 Å². The molecule has 0 saturated carbocycles. The molecule has 3 amide bonds. The number of hydrogen-bond donors (Lipinski definition) is 3. The molecule has 0 aromatic heterocycles. The van der Waals surface area contributed by atoms with Gasteiger partial charge in [-0.05, 0) is 12.8 Å². The molecule has 0 rings (SSSR count). The number of aldehydes is 1. The molecular weight excluding hydrogens is 454 g/mol. The van der Waals surface area contributed by atoms with Crippen molar-refractivity contribution in [1.29, 1.82) is 0 Å². The molecule has 0 radical (unpaired) electrons. The quantitative estimate of drug-likeness (QED) is 0.138. The van der Waals surface area contributed by atoms with E-state index in [0.717, 1.165) is 6.29 Å². The third kappa shape index (κ3) is 21.4. The zero-order valence-electron chi connectivity index (χ0n) is 20.1. The Balaban J connectivity index is 4.18. The summed E-state index contributed by atoms with van der Waals surface area (Å²) in [4.78, 5) is 45.5. The van der Waals surface area contributed by atoms with Crippen LogP contribution in [0.15, 0.2) is 0 Å². The van der Waals surface area contributed by atoms with Gasteiger partial charge in [-0.1, -0.05) is 0 Å². The van der Waals surface area contributed by atoms with Crippen LogP contribution in [0.2, 0.25) is 0 Å². The lowest BCUT2D eigenvalue weighted by molar-refractivity contribution is -0.121. The second-order valence-corrected chi connectivity index (χ2v) is 6.90. The number of amides is 3. The van der Waals surface area contributed by atoms with Crippen molar-refractivity contribution in [2.24, 2.45) is 0 Å². The summed E-state index contributed by atoms with van der Waals surface area (Å²) < 4.78 is 30.8. The highest BCUT2D eigenvalue weighted by atomic mass is 16.6. The van der Waals surface area contributed by atoms with E-state index in [0.29, 0.717) is 52.2 Å². The molecule has 0 fully saturated rings. The third-order valence-corrected chi connectivity index (χ3v) is 4.03. The standard InChI is InChI=1S/C21H39N3O10/c1-29-13-7-23-20(27)33-16-18(17-34-21(28)24-8-14-30-2)32-12-5-6-19(26)22-9-15-31-11-4-3-10-25/h10,18H,3-9,11-17H2,1-2H3,(H,22,26)(H,23,27)(H,24,28). The number of hydrogen-bond acceptors (Lipinski definition) is 10. The summed E-state index contributed by atoms with van der Waals surface area (Å²) in [5.41, 5.74) is 0. The Kier molecular flexibility index (Phi) is 21.9. The van der Waals surface area contributed by atoms with Crippen LogP contribution in [0.5, 0.6) is 0 Å². The van der Waals surface area contributed by atoms with E-state index in [1.807, 2.05) is 0 Å². The van der Waals surface area contributed by atoms with Crippen LogP contribution in [0.1, 0.15) is 25.7 Å². The van der Waals surface area contributed by atoms with E-state index in [1.165, 1.54) is 14.2 Å². The van der Waals surface area contributed by atoms with Crippen molar-refractivity contribution in [1.82, 2.24) is 16.0 Å². The molecule has 13 nitrogen and oxygen atoms in total. The van der Waals surface area contributed by atoms with Gasteiger partial charge in [0.15, 0.2) is 0 Å².